The summed E-state index contributed by atoms with van der Waals surface area (Å²) in [4.78, 5) is 23.9. The molecule has 8 heteroatoms. The lowest BCUT2D eigenvalue weighted by atomic mass is 10.1. The summed E-state index contributed by atoms with van der Waals surface area (Å²) < 4.78 is 11.0. The second kappa shape index (κ2) is 10.2. The third kappa shape index (κ3) is 6.18. The van der Waals surface area contributed by atoms with Crippen LogP contribution in [0.5, 0.6) is 11.5 Å². The molecule has 3 rings (SSSR count). The fourth-order valence-electron chi connectivity index (χ4n) is 2.60. The highest BCUT2D eigenvalue weighted by atomic mass is 32.1. The van der Waals surface area contributed by atoms with E-state index < -0.39 is 11.8 Å². The number of benzene rings is 3. The van der Waals surface area contributed by atoms with Gasteiger partial charge in [0, 0.05) is 5.39 Å². The maximum Gasteiger partial charge on any atom is 0.276 e. The Bertz CT molecular complexity index is 1050. The van der Waals surface area contributed by atoms with Crippen LogP contribution in [0.15, 0.2) is 66.7 Å². The van der Waals surface area contributed by atoms with E-state index in [-0.39, 0.29) is 18.3 Å². The van der Waals surface area contributed by atoms with Gasteiger partial charge in [0.25, 0.3) is 11.8 Å². The van der Waals surface area contributed by atoms with Crippen LogP contribution in [0.2, 0.25) is 0 Å². The molecule has 154 valence electrons. The van der Waals surface area contributed by atoms with Gasteiger partial charge >= 0.3 is 0 Å². The fourth-order valence-corrected chi connectivity index (χ4v) is 2.77. The smallest absolute Gasteiger partial charge is 0.276 e. The standard InChI is InChI=1S/C22H21N3O4S/c1-15-9-11-17(12-10-15)28-14-21(27)24-25-22(30)23-20(26)13-29-19-8-4-6-16-5-2-3-7-18(16)19/h2-12H,13-14H2,1H3,(H,24,27)(H2,23,25,26,30). The number of carbonyl (C=O) groups excluding carboxylic acids is 2. The molecule has 0 atom stereocenters. The van der Waals surface area contributed by atoms with Gasteiger partial charge in [0.1, 0.15) is 11.5 Å². The number of ether oxygens (including phenoxy) is 2. The highest BCUT2D eigenvalue weighted by molar-refractivity contribution is 7.80. The Morgan fingerprint density at radius 2 is 1.53 bits per heavy atom. The molecule has 2 amide bonds. The van der Waals surface area contributed by atoms with Crippen molar-refractivity contribution < 1.29 is 19.1 Å². The van der Waals surface area contributed by atoms with E-state index >= 15 is 0 Å². The second-order valence-electron chi connectivity index (χ2n) is 6.42. The van der Waals surface area contributed by atoms with Gasteiger partial charge in [-0.15, -0.1) is 0 Å². The minimum atomic E-state index is -0.453. The molecular formula is C22H21N3O4S. The van der Waals surface area contributed by atoms with Gasteiger partial charge in [0.15, 0.2) is 18.3 Å². The van der Waals surface area contributed by atoms with Crippen LogP contribution in [-0.4, -0.2) is 30.1 Å². The number of fused-ring (bicyclic) bond motifs is 1. The van der Waals surface area contributed by atoms with E-state index in [1.165, 1.54) is 0 Å². The minimum absolute atomic E-state index is 0.0507. The lowest BCUT2D eigenvalue weighted by Crippen LogP contribution is -2.50. The normalized spacial score (nSPS) is 10.2. The fraction of sp³-hybridized carbons (Fsp3) is 0.136. The minimum Gasteiger partial charge on any atom is -0.484 e. The molecule has 7 nitrogen and oxygen atoms in total. The molecule has 0 spiro atoms. The molecule has 0 saturated carbocycles. The highest BCUT2D eigenvalue weighted by Crippen LogP contribution is 2.24. The number of thiocarbonyl (C=S) groups is 1. The highest BCUT2D eigenvalue weighted by Gasteiger charge is 2.09. The summed E-state index contributed by atoms with van der Waals surface area (Å²) in [6.07, 6.45) is 0. The first kappa shape index (κ1) is 21.1. The molecule has 0 heterocycles. The summed E-state index contributed by atoms with van der Waals surface area (Å²) in [5.41, 5.74) is 5.90. The van der Waals surface area contributed by atoms with Crippen molar-refractivity contribution >= 4 is 39.9 Å². The molecule has 3 aromatic carbocycles. The van der Waals surface area contributed by atoms with Crippen molar-refractivity contribution in [2.45, 2.75) is 6.92 Å². The third-order valence-electron chi connectivity index (χ3n) is 4.07. The summed E-state index contributed by atoms with van der Waals surface area (Å²) in [5, 5.41) is 4.31. The average Bonchev–Trinajstić information content (AvgIpc) is 2.76. The van der Waals surface area contributed by atoms with Crippen LogP contribution in [-0.2, 0) is 9.59 Å². The maximum absolute atomic E-state index is 12.0. The van der Waals surface area contributed by atoms with Crippen molar-refractivity contribution in [3.63, 3.8) is 0 Å². The molecule has 3 N–H and O–H groups in total. The number of hydrazine groups is 1. The van der Waals surface area contributed by atoms with Crippen molar-refractivity contribution in [1.29, 1.82) is 0 Å². The summed E-state index contributed by atoms with van der Waals surface area (Å²) in [6.45, 7) is 1.54. The van der Waals surface area contributed by atoms with E-state index in [4.69, 9.17) is 21.7 Å². The topological polar surface area (TPSA) is 88.7 Å². The number of amides is 2. The van der Waals surface area contributed by atoms with Crippen LogP contribution in [0, 0.1) is 6.92 Å². The first-order chi connectivity index (χ1) is 14.5. The van der Waals surface area contributed by atoms with Crippen LogP contribution in [0.1, 0.15) is 5.56 Å². The van der Waals surface area contributed by atoms with E-state index in [0.717, 1.165) is 16.3 Å². The Labute approximate surface area is 179 Å². The summed E-state index contributed by atoms with van der Waals surface area (Å²) in [6, 6.07) is 20.7. The van der Waals surface area contributed by atoms with Crippen molar-refractivity contribution in [2.75, 3.05) is 13.2 Å². The lowest BCUT2D eigenvalue weighted by Gasteiger charge is -2.12. The number of rotatable bonds is 6. The molecule has 0 unspecified atom stereocenters. The number of aryl methyl sites for hydroxylation is 1. The van der Waals surface area contributed by atoms with Crippen molar-refractivity contribution in [1.82, 2.24) is 16.2 Å². The number of carbonyl (C=O) groups is 2. The molecule has 30 heavy (non-hydrogen) atoms. The zero-order valence-electron chi connectivity index (χ0n) is 16.3. The van der Waals surface area contributed by atoms with Gasteiger partial charge < -0.3 is 9.47 Å². The zero-order chi connectivity index (χ0) is 21.3. The van der Waals surface area contributed by atoms with Crippen LogP contribution in [0.4, 0.5) is 0 Å². The average molecular weight is 423 g/mol. The van der Waals surface area contributed by atoms with Gasteiger partial charge in [0.05, 0.1) is 0 Å². The summed E-state index contributed by atoms with van der Waals surface area (Å²) in [5.74, 6) is 0.283. The van der Waals surface area contributed by atoms with E-state index in [1.807, 2.05) is 55.5 Å². The van der Waals surface area contributed by atoms with Gasteiger partial charge in [-0.3, -0.25) is 25.8 Å². The van der Waals surface area contributed by atoms with Crippen LogP contribution < -0.4 is 25.6 Å². The van der Waals surface area contributed by atoms with Crippen LogP contribution in [0.3, 0.4) is 0 Å². The molecule has 0 aliphatic rings. The molecule has 3 aromatic rings. The van der Waals surface area contributed by atoms with E-state index in [9.17, 15) is 9.59 Å². The van der Waals surface area contributed by atoms with Crippen molar-refractivity contribution in [3.8, 4) is 11.5 Å². The summed E-state index contributed by atoms with van der Waals surface area (Å²) >= 11 is 4.99. The molecule has 0 fully saturated rings. The molecule has 0 radical (unpaired) electrons. The number of hydrogen-bond acceptors (Lipinski definition) is 5. The Morgan fingerprint density at radius 3 is 2.33 bits per heavy atom. The monoisotopic (exact) mass is 423 g/mol. The van der Waals surface area contributed by atoms with Gasteiger partial charge in [-0.1, -0.05) is 54.1 Å². The molecule has 0 aliphatic carbocycles. The molecular weight excluding hydrogens is 402 g/mol. The van der Waals surface area contributed by atoms with Gasteiger partial charge in [0.2, 0.25) is 0 Å². The largest absolute Gasteiger partial charge is 0.484 e. The number of nitrogens with one attached hydrogen (secondary N) is 3. The predicted molar refractivity (Wildman–Crippen MR) is 118 cm³/mol. The first-order valence-electron chi connectivity index (χ1n) is 9.20. The Kier molecular flexibility index (Phi) is 7.18. The SMILES string of the molecule is Cc1ccc(OCC(=O)NNC(=S)NC(=O)COc2cccc3ccccc23)cc1. The van der Waals surface area contributed by atoms with Gasteiger partial charge in [-0.05, 0) is 42.7 Å². The third-order valence-corrected chi connectivity index (χ3v) is 4.27. The van der Waals surface area contributed by atoms with Crippen molar-refractivity contribution in [3.05, 3.63) is 72.3 Å². The van der Waals surface area contributed by atoms with Gasteiger partial charge in [-0.25, -0.2) is 0 Å². The molecule has 0 aliphatic heterocycles. The van der Waals surface area contributed by atoms with E-state index in [1.54, 1.807) is 18.2 Å². The molecule has 0 aromatic heterocycles. The number of hydrogen-bond donors (Lipinski definition) is 3. The zero-order valence-corrected chi connectivity index (χ0v) is 17.1. The Hall–Kier alpha value is -3.65. The maximum atomic E-state index is 12.0. The van der Waals surface area contributed by atoms with Crippen LogP contribution >= 0.6 is 12.2 Å². The van der Waals surface area contributed by atoms with Crippen molar-refractivity contribution in [2.24, 2.45) is 0 Å². The quantitative estimate of drug-likeness (QED) is 0.417. The Balaban J connectivity index is 1.38. The van der Waals surface area contributed by atoms with Gasteiger partial charge in [-0.2, -0.15) is 0 Å². The summed E-state index contributed by atoms with van der Waals surface area (Å²) in [7, 11) is 0. The molecule has 0 bridgehead atoms. The lowest BCUT2D eigenvalue weighted by molar-refractivity contribution is -0.124. The van der Waals surface area contributed by atoms with Crippen LogP contribution in [0.25, 0.3) is 10.8 Å². The molecule has 0 saturated heterocycles. The Morgan fingerprint density at radius 1 is 0.833 bits per heavy atom. The van der Waals surface area contributed by atoms with E-state index in [0.29, 0.717) is 11.5 Å². The second-order valence-corrected chi connectivity index (χ2v) is 6.83. The first-order valence-corrected chi connectivity index (χ1v) is 9.61. The predicted octanol–water partition coefficient (Wildman–Crippen LogP) is 2.63. The van der Waals surface area contributed by atoms with E-state index in [2.05, 4.69) is 16.2 Å².